The molecule has 5 heteroatoms. The smallest absolute Gasteiger partial charge is 0.234 e. The topological polar surface area (TPSA) is 84.2 Å². The molecule has 4 N–H and O–H groups in total. The van der Waals surface area contributed by atoms with Crippen LogP contribution in [0.15, 0.2) is 0 Å². The summed E-state index contributed by atoms with van der Waals surface area (Å²) in [5.74, 6) is -0.251. The fourth-order valence-electron chi connectivity index (χ4n) is 1.18. The van der Waals surface area contributed by atoms with Crippen LogP contribution in [0.5, 0.6) is 0 Å². The summed E-state index contributed by atoms with van der Waals surface area (Å²) in [6, 6.07) is 0.226. The quantitative estimate of drug-likeness (QED) is 0.492. The zero-order valence-corrected chi connectivity index (χ0v) is 10.2. The molecule has 16 heavy (non-hydrogen) atoms. The summed E-state index contributed by atoms with van der Waals surface area (Å²) in [6.45, 7) is 5.08. The predicted molar refractivity (Wildman–Crippen MR) is 63.8 cm³/mol. The van der Waals surface area contributed by atoms with Gasteiger partial charge in [0.05, 0.1) is 6.54 Å². The van der Waals surface area contributed by atoms with Gasteiger partial charge in [0, 0.05) is 12.5 Å². The lowest BCUT2D eigenvalue weighted by Gasteiger charge is -2.11. The lowest BCUT2D eigenvalue weighted by molar-refractivity contribution is -0.121. The summed E-state index contributed by atoms with van der Waals surface area (Å²) in [5.41, 5.74) is 5.00. The van der Waals surface area contributed by atoms with Crippen molar-refractivity contribution < 1.29 is 9.59 Å². The molecule has 0 aromatic heterocycles. The standard InChI is InChI=1S/C11H23N3O2/c1-3-9(2)14-11(16)8-13-7-5-4-6-10(12)15/h9,13H,3-8H2,1-2H3,(H2,12,15)(H,14,16). The van der Waals surface area contributed by atoms with Gasteiger partial charge >= 0.3 is 0 Å². The molecular formula is C11H23N3O2. The molecule has 0 saturated heterocycles. The number of hydrogen-bond acceptors (Lipinski definition) is 3. The lowest BCUT2D eigenvalue weighted by atomic mass is 10.2. The Bertz CT molecular complexity index is 219. The number of carbonyl (C=O) groups is 2. The average molecular weight is 229 g/mol. The first-order valence-corrected chi connectivity index (χ1v) is 5.84. The summed E-state index contributed by atoms with van der Waals surface area (Å²) in [6.07, 6.45) is 2.99. The third-order valence-corrected chi connectivity index (χ3v) is 2.33. The number of unbranched alkanes of at least 4 members (excludes halogenated alkanes) is 1. The van der Waals surface area contributed by atoms with Gasteiger partial charge in [-0.3, -0.25) is 9.59 Å². The summed E-state index contributed by atoms with van der Waals surface area (Å²) >= 11 is 0. The number of primary amides is 1. The van der Waals surface area contributed by atoms with Gasteiger partial charge in [-0.15, -0.1) is 0 Å². The maximum Gasteiger partial charge on any atom is 0.234 e. The highest BCUT2D eigenvalue weighted by molar-refractivity contribution is 5.78. The molecule has 0 aliphatic rings. The SMILES string of the molecule is CCC(C)NC(=O)CNCCCCC(N)=O. The van der Waals surface area contributed by atoms with E-state index < -0.39 is 0 Å². The molecule has 1 atom stereocenters. The summed E-state index contributed by atoms with van der Waals surface area (Å²) in [4.78, 5) is 21.7. The zero-order valence-electron chi connectivity index (χ0n) is 10.2. The van der Waals surface area contributed by atoms with Crippen LogP contribution in [0.25, 0.3) is 0 Å². The predicted octanol–water partition coefficient (Wildman–Crippen LogP) is 0.146. The summed E-state index contributed by atoms with van der Waals surface area (Å²) < 4.78 is 0. The maximum absolute atomic E-state index is 11.3. The van der Waals surface area contributed by atoms with Crippen LogP contribution in [0.2, 0.25) is 0 Å². The molecule has 0 heterocycles. The highest BCUT2D eigenvalue weighted by Gasteiger charge is 2.03. The van der Waals surface area contributed by atoms with Gasteiger partial charge in [-0.25, -0.2) is 0 Å². The number of nitrogens with one attached hydrogen (secondary N) is 2. The van der Waals surface area contributed by atoms with E-state index in [9.17, 15) is 9.59 Å². The van der Waals surface area contributed by atoms with Gasteiger partial charge in [0.2, 0.25) is 11.8 Å². The van der Waals surface area contributed by atoms with Crippen molar-refractivity contribution in [2.45, 2.75) is 45.6 Å². The van der Waals surface area contributed by atoms with Crippen molar-refractivity contribution in [3.63, 3.8) is 0 Å². The number of nitrogens with two attached hydrogens (primary N) is 1. The van der Waals surface area contributed by atoms with Gasteiger partial charge in [0.1, 0.15) is 0 Å². The molecule has 1 unspecified atom stereocenters. The van der Waals surface area contributed by atoms with Crippen LogP contribution in [-0.4, -0.2) is 30.9 Å². The van der Waals surface area contributed by atoms with E-state index in [4.69, 9.17) is 5.73 Å². The molecule has 0 saturated carbocycles. The van der Waals surface area contributed by atoms with Gasteiger partial charge in [0.25, 0.3) is 0 Å². The first-order chi connectivity index (χ1) is 7.56. The largest absolute Gasteiger partial charge is 0.370 e. The van der Waals surface area contributed by atoms with E-state index in [1.165, 1.54) is 0 Å². The van der Waals surface area contributed by atoms with Crippen LogP contribution in [0.1, 0.15) is 39.5 Å². The minimum absolute atomic E-state index is 0.0178. The highest BCUT2D eigenvalue weighted by Crippen LogP contribution is 1.92. The van der Waals surface area contributed by atoms with Gasteiger partial charge in [-0.05, 0) is 32.7 Å². The monoisotopic (exact) mass is 229 g/mol. The fraction of sp³-hybridized carbons (Fsp3) is 0.818. The van der Waals surface area contributed by atoms with Gasteiger partial charge in [-0.1, -0.05) is 6.92 Å². The average Bonchev–Trinajstić information content (AvgIpc) is 2.22. The molecule has 0 aliphatic heterocycles. The Hall–Kier alpha value is -1.10. The molecule has 0 aliphatic carbocycles. The van der Waals surface area contributed by atoms with Crippen LogP contribution < -0.4 is 16.4 Å². The third-order valence-electron chi connectivity index (χ3n) is 2.33. The minimum atomic E-state index is -0.269. The second-order valence-electron chi connectivity index (χ2n) is 3.98. The van der Waals surface area contributed by atoms with E-state index in [0.717, 1.165) is 25.8 Å². The number of rotatable bonds is 9. The van der Waals surface area contributed by atoms with Crippen molar-refractivity contribution in [2.75, 3.05) is 13.1 Å². The molecule has 2 amide bonds. The fourth-order valence-corrected chi connectivity index (χ4v) is 1.18. The molecule has 0 aromatic rings. The molecule has 0 spiro atoms. The van der Waals surface area contributed by atoms with Gasteiger partial charge < -0.3 is 16.4 Å². The molecule has 0 bridgehead atoms. The van der Waals surface area contributed by atoms with Crippen molar-refractivity contribution in [1.29, 1.82) is 0 Å². The van der Waals surface area contributed by atoms with Crippen molar-refractivity contribution in [3.05, 3.63) is 0 Å². The number of hydrogen-bond donors (Lipinski definition) is 3. The minimum Gasteiger partial charge on any atom is -0.370 e. The Labute approximate surface area is 97.2 Å². The summed E-state index contributed by atoms with van der Waals surface area (Å²) in [5, 5.41) is 5.89. The Morgan fingerprint density at radius 2 is 2.00 bits per heavy atom. The molecule has 0 fully saturated rings. The van der Waals surface area contributed by atoms with E-state index in [1.807, 2.05) is 13.8 Å². The van der Waals surface area contributed by atoms with Crippen LogP contribution >= 0.6 is 0 Å². The van der Waals surface area contributed by atoms with Crippen molar-refractivity contribution in [3.8, 4) is 0 Å². The Balaban J connectivity index is 3.31. The maximum atomic E-state index is 11.3. The Kier molecular flexibility index (Phi) is 8.52. The molecule has 94 valence electrons. The molecule has 0 radical (unpaired) electrons. The van der Waals surface area contributed by atoms with Crippen molar-refractivity contribution >= 4 is 11.8 Å². The lowest BCUT2D eigenvalue weighted by Crippen LogP contribution is -2.39. The van der Waals surface area contributed by atoms with Gasteiger partial charge in [0.15, 0.2) is 0 Å². The third kappa shape index (κ3) is 9.45. The first-order valence-electron chi connectivity index (χ1n) is 5.84. The van der Waals surface area contributed by atoms with E-state index in [2.05, 4.69) is 10.6 Å². The van der Waals surface area contributed by atoms with Crippen LogP contribution in [-0.2, 0) is 9.59 Å². The highest BCUT2D eigenvalue weighted by atomic mass is 16.2. The van der Waals surface area contributed by atoms with Crippen LogP contribution in [0.3, 0.4) is 0 Å². The second-order valence-corrected chi connectivity index (χ2v) is 3.98. The van der Waals surface area contributed by atoms with Gasteiger partial charge in [-0.2, -0.15) is 0 Å². The van der Waals surface area contributed by atoms with E-state index in [1.54, 1.807) is 0 Å². The van der Waals surface area contributed by atoms with E-state index in [-0.39, 0.29) is 17.9 Å². The van der Waals surface area contributed by atoms with Crippen molar-refractivity contribution in [1.82, 2.24) is 10.6 Å². The van der Waals surface area contributed by atoms with Crippen molar-refractivity contribution in [2.24, 2.45) is 5.73 Å². The zero-order chi connectivity index (χ0) is 12.4. The normalized spacial score (nSPS) is 12.1. The summed E-state index contributed by atoms with van der Waals surface area (Å²) in [7, 11) is 0. The van der Waals surface area contributed by atoms with E-state index in [0.29, 0.717) is 13.0 Å². The molecule has 0 aromatic carbocycles. The number of amides is 2. The second kappa shape index (κ2) is 9.15. The van der Waals surface area contributed by atoms with E-state index >= 15 is 0 Å². The molecule has 5 nitrogen and oxygen atoms in total. The first kappa shape index (κ1) is 14.9. The Morgan fingerprint density at radius 3 is 2.56 bits per heavy atom. The molecule has 0 rings (SSSR count). The Morgan fingerprint density at radius 1 is 1.31 bits per heavy atom. The molecular weight excluding hydrogens is 206 g/mol. The van der Waals surface area contributed by atoms with Crippen LogP contribution in [0, 0.1) is 0 Å². The number of carbonyl (C=O) groups excluding carboxylic acids is 2. The van der Waals surface area contributed by atoms with Crippen LogP contribution in [0.4, 0.5) is 0 Å².